The molecule has 25 heavy (non-hydrogen) atoms. The summed E-state index contributed by atoms with van der Waals surface area (Å²) in [5.41, 5.74) is 1.09. The molecule has 0 aromatic carbocycles. The number of hydrogen-bond donors (Lipinski definition) is 1. The molecule has 2 fully saturated rings. The van der Waals surface area contributed by atoms with Gasteiger partial charge in [0.05, 0.1) is 11.8 Å². The molecule has 2 atom stereocenters. The van der Waals surface area contributed by atoms with Crippen molar-refractivity contribution in [2.45, 2.75) is 13.0 Å². The maximum Gasteiger partial charge on any atom is 0.307 e. The largest absolute Gasteiger partial charge is 0.481 e. The monoisotopic (exact) mass is 346 g/mol. The highest BCUT2D eigenvalue weighted by Gasteiger charge is 2.37. The molecule has 3 heterocycles. The first-order chi connectivity index (χ1) is 12.0. The summed E-state index contributed by atoms with van der Waals surface area (Å²) in [6.45, 7) is 4.98. The third kappa shape index (κ3) is 4.55. The molecule has 0 aliphatic carbocycles. The number of likely N-dealkylation sites (N-methyl/N-ethyl adjacent to an activating group) is 1. The Labute approximate surface area is 148 Å². The molecule has 1 aromatic rings. The van der Waals surface area contributed by atoms with Gasteiger partial charge in [-0.25, -0.2) is 0 Å². The molecule has 0 bridgehead atoms. The third-order valence-electron chi connectivity index (χ3n) is 5.20. The van der Waals surface area contributed by atoms with Crippen LogP contribution in [0.5, 0.6) is 0 Å². The zero-order valence-electron chi connectivity index (χ0n) is 14.7. The van der Waals surface area contributed by atoms with E-state index in [2.05, 4.69) is 21.8 Å². The number of carbonyl (C=O) groups excluding carboxylic acids is 1. The molecule has 0 saturated carbocycles. The Morgan fingerprint density at radius 1 is 1.12 bits per heavy atom. The molecule has 7 nitrogen and oxygen atoms in total. The van der Waals surface area contributed by atoms with Crippen molar-refractivity contribution in [3.63, 3.8) is 0 Å². The van der Waals surface area contributed by atoms with Crippen molar-refractivity contribution >= 4 is 11.9 Å². The molecule has 136 valence electrons. The van der Waals surface area contributed by atoms with E-state index < -0.39 is 11.9 Å². The minimum Gasteiger partial charge on any atom is -0.481 e. The lowest BCUT2D eigenvalue weighted by molar-refractivity contribution is -0.148. The minimum absolute atomic E-state index is 0.110. The van der Waals surface area contributed by atoms with Gasteiger partial charge >= 0.3 is 5.97 Å². The van der Waals surface area contributed by atoms with Crippen LogP contribution in [-0.2, 0) is 16.1 Å². The van der Waals surface area contributed by atoms with Crippen LogP contribution in [0.15, 0.2) is 24.5 Å². The summed E-state index contributed by atoms with van der Waals surface area (Å²) in [6.07, 6.45) is 3.91. The molecule has 2 aliphatic heterocycles. The van der Waals surface area contributed by atoms with Crippen LogP contribution in [-0.4, -0.2) is 83.0 Å². The summed E-state index contributed by atoms with van der Waals surface area (Å²) < 4.78 is 0. The first-order valence-electron chi connectivity index (χ1n) is 8.84. The van der Waals surface area contributed by atoms with Crippen LogP contribution in [0.1, 0.15) is 12.0 Å². The Balaban J connectivity index is 1.67. The van der Waals surface area contributed by atoms with Gasteiger partial charge in [-0.2, -0.15) is 0 Å². The van der Waals surface area contributed by atoms with Gasteiger partial charge in [-0.3, -0.25) is 19.5 Å². The van der Waals surface area contributed by atoms with Crippen molar-refractivity contribution in [2.75, 3.05) is 46.3 Å². The lowest BCUT2D eigenvalue weighted by atomic mass is 9.87. The van der Waals surface area contributed by atoms with Gasteiger partial charge in [-0.05, 0) is 31.2 Å². The quantitative estimate of drug-likeness (QED) is 0.849. The Morgan fingerprint density at radius 2 is 1.76 bits per heavy atom. The number of carbonyl (C=O) groups is 2. The van der Waals surface area contributed by atoms with E-state index in [0.717, 1.165) is 31.7 Å². The summed E-state index contributed by atoms with van der Waals surface area (Å²) in [4.78, 5) is 34.7. The Morgan fingerprint density at radius 3 is 2.40 bits per heavy atom. The van der Waals surface area contributed by atoms with Crippen LogP contribution in [0.3, 0.4) is 0 Å². The maximum absolute atomic E-state index is 12.9. The number of rotatable bonds is 4. The number of amides is 1. The minimum atomic E-state index is -0.810. The highest BCUT2D eigenvalue weighted by Crippen LogP contribution is 2.25. The number of pyridine rings is 1. The Kier molecular flexibility index (Phi) is 5.65. The van der Waals surface area contributed by atoms with Crippen molar-refractivity contribution in [1.82, 2.24) is 19.7 Å². The number of aromatic nitrogens is 1. The van der Waals surface area contributed by atoms with E-state index in [1.54, 1.807) is 12.4 Å². The zero-order chi connectivity index (χ0) is 17.8. The van der Waals surface area contributed by atoms with Crippen molar-refractivity contribution < 1.29 is 14.7 Å². The number of piperazine rings is 1. The normalized spacial score (nSPS) is 25.7. The van der Waals surface area contributed by atoms with Gasteiger partial charge in [0, 0.05) is 58.2 Å². The number of likely N-dealkylation sites (tertiary alicyclic amines) is 1. The first-order valence-corrected chi connectivity index (χ1v) is 8.84. The van der Waals surface area contributed by atoms with E-state index in [1.807, 2.05) is 17.0 Å². The fourth-order valence-corrected chi connectivity index (χ4v) is 3.71. The van der Waals surface area contributed by atoms with E-state index in [1.165, 1.54) is 0 Å². The molecule has 1 amide bonds. The van der Waals surface area contributed by atoms with Gasteiger partial charge in [0.15, 0.2) is 0 Å². The first kappa shape index (κ1) is 17.8. The Hall–Kier alpha value is -1.99. The second kappa shape index (κ2) is 7.93. The van der Waals surface area contributed by atoms with Gasteiger partial charge in [-0.15, -0.1) is 0 Å². The summed E-state index contributed by atoms with van der Waals surface area (Å²) in [5, 5.41) is 9.50. The topological polar surface area (TPSA) is 77.0 Å². The highest BCUT2D eigenvalue weighted by molar-refractivity contribution is 5.80. The van der Waals surface area contributed by atoms with Crippen LogP contribution in [0.4, 0.5) is 0 Å². The highest BCUT2D eigenvalue weighted by atomic mass is 16.4. The van der Waals surface area contributed by atoms with E-state index in [4.69, 9.17) is 0 Å². The van der Waals surface area contributed by atoms with Crippen LogP contribution >= 0.6 is 0 Å². The van der Waals surface area contributed by atoms with Crippen molar-refractivity contribution in [2.24, 2.45) is 11.8 Å². The maximum atomic E-state index is 12.9. The van der Waals surface area contributed by atoms with Gasteiger partial charge in [0.2, 0.25) is 5.91 Å². The van der Waals surface area contributed by atoms with Crippen LogP contribution in [0.25, 0.3) is 0 Å². The summed E-state index contributed by atoms with van der Waals surface area (Å²) >= 11 is 0. The fourth-order valence-electron chi connectivity index (χ4n) is 3.71. The molecule has 0 unspecified atom stereocenters. The van der Waals surface area contributed by atoms with Crippen molar-refractivity contribution in [3.05, 3.63) is 30.1 Å². The van der Waals surface area contributed by atoms with Crippen LogP contribution in [0.2, 0.25) is 0 Å². The summed E-state index contributed by atoms with van der Waals surface area (Å²) in [6, 6.07) is 3.86. The molecule has 1 aromatic heterocycles. The summed E-state index contributed by atoms with van der Waals surface area (Å²) in [5.74, 6) is -1.42. The molecule has 0 radical (unpaired) electrons. The van der Waals surface area contributed by atoms with E-state index in [0.29, 0.717) is 26.1 Å². The van der Waals surface area contributed by atoms with Crippen LogP contribution < -0.4 is 0 Å². The molecular formula is C18H26N4O3. The molecular weight excluding hydrogens is 320 g/mol. The van der Waals surface area contributed by atoms with Gasteiger partial charge in [0.25, 0.3) is 0 Å². The molecule has 1 N–H and O–H groups in total. The molecule has 2 saturated heterocycles. The third-order valence-corrected chi connectivity index (χ3v) is 5.20. The standard InChI is InChI=1S/C18H26N4O3/c1-20-6-8-22(9-7-20)17(23)15-10-16(18(24)25)13-21(12-15)11-14-2-4-19-5-3-14/h2-5,15-16H,6-13H2,1H3,(H,24,25)/t15-,16-/m0/s1. The predicted molar refractivity (Wildman–Crippen MR) is 92.8 cm³/mol. The number of carboxylic acids is 1. The molecule has 2 aliphatic rings. The van der Waals surface area contributed by atoms with Gasteiger partial charge in [0.1, 0.15) is 0 Å². The number of aliphatic carboxylic acids is 1. The van der Waals surface area contributed by atoms with Crippen LogP contribution in [0, 0.1) is 11.8 Å². The zero-order valence-corrected chi connectivity index (χ0v) is 14.7. The van der Waals surface area contributed by atoms with E-state index in [9.17, 15) is 14.7 Å². The fraction of sp³-hybridized carbons (Fsp3) is 0.611. The smallest absolute Gasteiger partial charge is 0.307 e. The second-order valence-electron chi connectivity index (χ2n) is 7.15. The lowest BCUT2D eigenvalue weighted by Crippen LogP contribution is -2.53. The van der Waals surface area contributed by atoms with Crippen molar-refractivity contribution in [3.8, 4) is 0 Å². The van der Waals surface area contributed by atoms with Crippen molar-refractivity contribution in [1.29, 1.82) is 0 Å². The summed E-state index contributed by atoms with van der Waals surface area (Å²) in [7, 11) is 2.05. The second-order valence-corrected chi connectivity index (χ2v) is 7.15. The molecule has 0 spiro atoms. The number of piperidine rings is 1. The SMILES string of the molecule is CN1CCN(C(=O)[C@H]2C[C@H](C(=O)O)CN(Cc3ccncc3)C2)CC1. The average molecular weight is 346 g/mol. The Bertz CT molecular complexity index is 602. The predicted octanol–water partition coefficient (Wildman–Crippen LogP) is 0.378. The average Bonchev–Trinajstić information content (AvgIpc) is 2.62. The number of nitrogens with zero attached hydrogens (tertiary/aromatic N) is 4. The van der Waals surface area contributed by atoms with Gasteiger partial charge < -0.3 is 14.9 Å². The van der Waals surface area contributed by atoms with E-state index >= 15 is 0 Å². The number of hydrogen-bond acceptors (Lipinski definition) is 5. The van der Waals surface area contributed by atoms with E-state index in [-0.39, 0.29) is 11.8 Å². The van der Waals surface area contributed by atoms with Gasteiger partial charge in [-0.1, -0.05) is 0 Å². The molecule has 7 heteroatoms. The lowest BCUT2D eigenvalue weighted by Gasteiger charge is -2.39. The molecule has 3 rings (SSSR count). The number of carboxylic acid groups (broad SMARTS) is 1.